The first-order valence-corrected chi connectivity index (χ1v) is 7.33. The second-order valence-electron chi connectivity index (χ2n) is 4.32. The standard InChI is InChI=1S/C16H15NOS/c1-13-7-5-6-10-15(13)19(18)16(11-12-17)14-8-3-2-4-9-14/h2-10,16H,11H2,1H3. The summed E-state index contributed by atoms with van der Waals surface area (Å²) in [4.78, 5) is 0.812. The maximum Gasteiger partial charge on any atom is 0.0773 e. The van der Waals surface area contributed by atoms with E-state index in [4.69, 9.17) is 5.26 Å². The number of aryl methyl sites for hydroxylation is 1. The molecule has 2 atom stereocenters. The van der Waals surface area contributed by atoms with Gasteiger partial charge in [0.2, 0.25) is 0 Å². The molecule has 0 heterocycles. The number of nitrogens with zero attached hydrogens (tertiary/aromatic N) is 1. The fourth-order valence-electron chi connectivity index (χ4n) is 2.00. The van der Waals surface area contributed by atoms with Gasteiger partial charge in [0.25, 0.3) is 0 Å². The largest absolute Gasteiger partial charge is 0.254 e. The predicted octanol–water partition coefficient (Wildman–Crippen LogP) is 3.76. The molecule has 0 aromatic heterocycles. The highest BCUT2D eigenvalue weighted by atomic mass is 32.2. The highest BCUT2D eigenvalue weighted by Gasteiger charge is 2.21. The van der Waals surface area contributed by atoms with Crippen molar-refractivity contribution in [1.29, 1.82) is 5.26 Å². The van der Waals surface area contributed by atoms with Gasteiger partial charge in [-0.3, -0.25) is 4.21 Å². The Morgan fingerprint density at radius 1 is 1.11 bits per heavy atom. The van der Waals surface area contributed by atoms with Crippen molar-refractivity contribution in [2.45, 2.75) is 23.5 Å². The van der Waals surface area contributed by atoms with Crippen LogP contribution in [0.3, 0.4) is 0 Å². The van der Waals surface area contributed by atoms with Crippen molar-refractivity contribution in [2.24, 2.45) is 0 Å². The summed E-state index contributed by atoms with van der Waals surface area (Å²) >= 11 is 0. The van der Waals surface area contributed by atoms with Crippen LogP contribution in [0.1, 0.15) is 22.8 Å². The van der Waals surface area contributed by atoms with Crippen molar-refractivity contribution in [3.05, 3.63) is 65.7 Å². The minimum atomic E-state index is -1.21. The van der Waals surface area contributed by atoms with Gasteiger partial charge in [-0.2, -0.15) is 5.26 Å². The zero-order valence-electron chi connectivity index (χ0n) is 10.7. The van der Waals surface area contributed by atoms with E-state index in [1.165, 1.54) is 0 Å². The molecule has 0 bridgehead atoms. The molecule has 0 aliphatic heterocycles. The van der Waals surface area contributed by atoms with E-state index in [-0.39, 0.29) is 11.7 Å². The molecule has 0 N–H and O–H groups in total. The molecule has 0 saturated carbocycles. The van der Waals surface area contributed by atoms with Gasteiger partial charge in [0.15, 0.2) is 0 Å². The van der Waals surface area contributed by atoms with Crippen LogP contribution in [0.4, 0.5) is 0 Å². The SMILES string of the molecule is Cc1ccccc1S(=O)C(CC#N)c1ccccc1. The Morgan fingerprint density at radius 2 is 1.74 bits per heavy atom. The Bertz CT molecular complexity index is 616. The van der Waals surface area contributed by atoms with Gasteiger partial charge < -0.3 is 0 Å². The van der Waals surface area contributed by atoms with Crippen LogP contribution in [0.5, 0.6) is 0 Å². The van der Waals surface area contributed by atoms with E-state index >= 15 is 0 Å². The Kier molecular flexibility index (Phi) is 4.48. The molecule has 2 aromatic rings. The van der Waals surface area contributed by atoms with Crippen LogP contribution in [0, 0.1) is 18.3 Å². The second-order valence-corrected chi connectivity index (χ2v) is 5.93. The van der Waals surface area contributed by atoms with Gasteiger partial charge >= 0.3 is 0 Å². The minimum absolute atomic E-state index is 0.255. The molecular formula is C16H15NOS. The van der Waals surface area contributed by atoms with Gasteiger partial charge in [-0.1, -0.05) is 48.5 Å². The van der Waals surface area contributed by atoms with E-state index in [9.17, 15) is 4.21 Å². The van der Waals surface area contributed by atoms with E-state index < -0.39 is 10.8 Å². The van der Waals surface area contributed by atoms with Crippen LogP contribution in [0.2, 0.25) is 0 Å². The zero-order valence-corrected chi connectivity index (χ0v) is 11.6. The van der Waals surface area contributed by atoms with E-state index in [2.05, 4.69) is 6.07 Å². The summed E-state index contributed by atoms with van der Waals surface area (Å²) in [6, 6.07) is 19.4. The molecule has 96 valence electrons. The van der Waals surface area contributed by atoms with Crippen molar-refractivity contribution in [1.82, 2.24) is 0 Å². The summed E-state index contributed by atoms with van der Waals surface area (Å²) < 4.78 is 12.7. The van der Waals surface area contributed by atoms with E-state index in [0.717, 1.165) is 16.0 Å². The lowest BCUT2D eigenvalue weighted by atomic mass is 10.1. The molecule has 2 unspecified atom stereocenters. The third-order valence-corrected chi connectivity index (χ3v) is 4.86. The summed E-state index contributed by atoms with van der Waals surface area (Å²) in [6.45, 7) is 1.95. The normalized spacial score (nSPS) is 13.5. The van der Waals surface area contributed by atoms with Gasteiger partial charge in [-0.15, -0.1) is 0 Å². The summed E-state index contributed by atoms with van der Waals surface area (Å²) in [7, 11) is -1.21. The smallest absolute Gasteiger partial charge is 0.0773 e. The molecule has 3 heteroatoms. The highest BCUT2D eigenvalue weighted by molar-refractivity contribution is 7.85. The third-order valence-electron chi connectivity index (χ3n) is 3.02. The van der Waals surface area contributed by atoms with Crippen LogP contribution in [-0.4, -0.2) is 4.21 Å². The fourth-order valence-corrected chi connectivity index (χ4v) is 3.54. The number of rotatable bonds is 4. The molecular weight excluding hydrogens is 254 g/mol. The Balaban J connectivity index is 2.39. The van der Waals surface area contributed by atoms with Crippen molar-refractivity contribution in [3.8, 4) is 6.07 Å². The Hall–Kier alpha value is -1.92. The van der Waals surface area contributed by atoms with Gasteiger partial charge in [0.1, 0.15) is 0 Å². The average molecular weight is 269 g/mol. The van der Waals surface area contributed by atoms with Gasteiger partial charge in [-0.05, 0) is 24.1 Å². The topological polar surface area (TPSA) is 40.9 Å². The lowest BCUT2D eigenvalue weighted by molar-refractivity contribution is 0.672. The molecule has 0 saturated heterocycles. The van der Waals surface area contributed by atoms with Gasteiger partial charge in [0.05, 0.1) is 28.5 Å². The Morgan fingerprint density at radius 3 is 2.37 bits per heavy atom. The summed E-state index contributed by atoms with van der Waals surface area (Å²) in [5, 5.41) is 8.71. The monoisotopic (exact) mass is 269 g/mol. The summed E-state index contributed by atoms with van der Waals surface area (Å²) in [6.07, 6.45) is 0.255. The van der Waals surface area contributed by atoms with Crippen molar-refractivity contribution in [3.63, 3.8) is 0 Å². The van der Waals surface area contributed by atoms with E-state index in [1.54, 1.807) is 0 Å². The number of hydrogen-bond acceptors (Lipinski definition) is 2. The van der Waals surface area contributed by atoms with Crippen LogP contribution in [0.15, 0.2) is 59.5 Å². The molecule has 0 fully saturated rings. The minimum Gasteiger partial charge on any atom is -0.254 e. The third kappa shape index (κ3) is 3.10. The molecule has 2 nitrogen and oxygen atoms in total. The number of hydrogen-bond donors (Lipinski definition) is 0. The quantitative estimate of drug-likeness (QED) is 0.848. The van der Waals surface area contributed by atoms with E-state index in [0.29, 0.717) is 0 Å². The average Bonchev–Trinajstić information content (AvgIpc) is 2.45. The van der Waals surface area contributed by atoms with E-state index in [1.807, 2.05) is 61.5 Å². The first kappa shape index (κ1) is 13.5. The molecule has 0 amide bonds. The lowest BCUT2D eigenvalue weighted by Gasteiger charge is -2.15. The molecule has 0 radical (unpaired) electrons. The number of nitriles is 1. The van der Waals surface area contributed by atoms with Crippen LogP contribution < -0.4 is 0 Å². The predicted molar refractivity (Wildman–Crippen MR) is 77.0 cm³/mol. The maximum absolute atomic E-state index is 12.7. The first-order chi connectivity index (χ1) is 9.24. The van der Waals surface area contributed by atoms with Crippen LogP contribution in [0.25, 0.3) is 0 Å². The zero-order chi connectivity index (χ0) is 13.7. The summed E-state index contributed by atoms with van der Waals surface area (Å²) in [5.41, 5.74) is 1.95. The van der Waals surface area contributed by atoms with Crippen LogP contribution >= 0.6 is 0 Å². The van der Waals surface area contributed by atoms with Crippen LogP contribution in [-0.2, 0) is 10.8 Å². The second kappa shape index (κ2) is 6.31. The number of benzene rings is 2. The molecule has 19 heavy (non-hydrogen) atoms. The molecule has 2 rings (SSSR count). The van der Waals surface area contributed by atoms with Crippen molar-refractivity contribution in [2.75, 3.05) is 0 Å². The Labute approximate surface area is 116 Å². The van der Waals surface area contributed by atoms with Crippen molar-refractivity contribution >= 4 is 10.8 Å². The highest BCUT2D eigenvalue weighted by Crippen LogP contribution is 2.29. The van der Waals surface area contributed by atoms with Gasteiger partial charge in [0, 0.05) is 4.90 Å². The maximum atomic E-state index is 12.7. The molecule has 0 spiro atoms. The van der Waals surface area contributed by atoms with Gasteiger partial charge in [-0.25, -0.2) is 0 Å². The lowest BCUT2D eigenvalue weighted by Crippen LogP contribution is -2.07. The summed E-state index contributed by atoms with van der Waals surface area (Å²) in [5.74, 6) is 0. The first-order valence-electron chi connectivity index (χ1n) is 6.12. The van der Waals surface area contributed by atoms with Crippen molar-refractivity contribution < 1.29 is 4.21 Å². The molecule has 2 aromatic carbocycles. The fraction of sp³-hybridized carbons (Fsp3) is 0.188. The molecule has 0 aliphatic carbocycles. The molecule has 0 aliphatic rings.